The zero-order chi connectivity index (χ0) is 28.3. The first kappa shape index (κ1) is 27.8. The molecule has 0 aliphatic carbocycles. The molecule has 40 heavy (non-hydrogen) atoms. The highest BCUT2D eigenvalue weighted by Gasteiger charge is 2.29. The Kier molecular flexibility index (Phi) is 8.17. The molecule has 1 aliphatic heterocycles. The summed E-state index contributed by atoms with van der Waals surface area (Å²) in [5.41, 5.74) is 6.92. The number of hydrogen-bond acceptors (Lipinski definition) is 5. The summed E-state index contributed by atoms with van der Waals surface area (Å²) < 4.78 is 5.61. The number of nitrogens with one attached hydrogen (secondary N) is 1. The van der Waals surface area contributed by atoms with Crippen molar-refractivity contribution in [3.63, 3.8) is 0 Å². The highest BCUT2D eigenvalue weighted by atomic mass is 16.5. The maximum Gasteiger partial charge on any atom is 0.241 e. The smallest absolute Gasteiger partial charge is 0.241 e. The Morgan fingerprint density at radius 1 is 1.05 bits per heavy atom. The van der Waals surface area contributed by atoms with Crippen molar-refractivity contribution in [3.05, 3.63) is 107 Å². The number of carbonyl (C=O) groups excluding carboxylic acids is 1. The molecule has 2 unspecified atom stereocenters. The predicted molar refractivity (Wildman–Crippen MR) is 159 cm³/mol. The number of rotatable bonds is 7. The Hall–Kier alpha value is -3.77. The quantitative estimate of drug-likeness (QED) is 0.282. The molecule has 1 saturated heterocycles. The van der Waals surface area contributed by atoms with Crippen LogP contribution in [0.2, 0.25) is 0 Å². The van der Waals surface area contributed by atoms with E-state index >= 15 is 0 Å². The summed E-state index contributed by atoms with van der Waals surface area (Å²) in [5.74, 6) is 1.16. The van der Waals surface area contributed by atoms with Crippen LogP contribution in [-0.2, 0) is 16.8 Å². The third kappa shape index (κ3) is 6.50. The molecule has 0 radical (unpaired) electrons. The Morgan fingerprint density at radius 3 is 2.50 bits per heavy atom. The zero-order valence-corrected chi connectivity index (χ0v) is 24.3. The van der Waals surface area contributed by atoms with E-state index in [1.165, 1.54) is 16.7 Å². The minimum absolute atomic E-state index is 0.0867. The number of amides is 1. The van der Waals surface area contributed by atoms with Gasteiger partial charge in [-0.05, 0) is 60.9 Å². The van der Waals surface area contributed by atoms with E-state index < -0.39 is 0 Å². The minimum atomic E-state index is -0.187. The predicted octanol–water partition coefficient (Wildman–Crippen LogP) is 6.77. The largest absolute Gasteiger partial charge is 0.345 e. The van der Waals surface area contributed by atoms with Gasteiger partial charge in [0.1, 0.15) is 0 Å². The van der Waals surface area contributed by atoms with E-state index in [0.717, 1.165) is 36.1 Å². The van der Waals surface area contributed by atoms with E-state index in [1.807, 2.05) is 18.2 Å². The number of nitrogens with zero attached hydrogens (tertiary/aromatic N) is 3. The molecule has 6 heteroatoms. The number of carbonyl (C=O) groups is 1. The zero-order valence-electron chi connectivity index (χ0n) is 24.3. The number of hydrogen-bond donors (Lipinski definition) is 1. The van der Waals surface area contributed by atoms with Crippen LogP contribution in [0.3, 0.4) is 0 Å². The third-order valence-electron chi connectivity index (χ3n) is 7.87. The average molecular weight is 537 g/mol. The van der Waals surface area contributed by atoms with E-state index in [0.29, 0.717) is 24.8 Å². The minimum Gasteiger partial charge on any atom is -0.345 e. The molecule has 1 N–H and O–H groups in total. The SMILES string of the molecule is Cc1ccc(C(NC(=O)C2CCCN(Cc3nc(-c4ccc(C(C)(C)C)cc4)no3)C2)c2ccccc2)c(C)c1. The topological polar surface area (TPSA) is 71.3 Å². The first-order valence-electron chi connectivity index (χ1n) is 14.3. The fraction of sp³-hybridized carbons (Fsp3) is 0.382. The summed E-state index contributed by atoms with van der Waals surface area (Å²) >= 11 is 0. The van der Waals surface area contributed by atoms with E-state index in [-0.39, 0.29) is 23.3 Å². The highest BCUT2D eigenvalue weighted by molar-refractivity contribution is 5.80. The monoisotopic (exact) mass is 536 g/mol. The summed E-state index contributed by atoms with van der Waals surface area (Å²) in [4.78, 5) is 20.5. The molecule has 5 rings (SSSR count). The summed E-state index contributed by atoms with van der Waals surface area (Å²) in [7, 11) is 0. The van der Waals surface area contributed by atoms with Crippen LogP contribution in [0.4, 0.5) is 0 Å². The molecule has 0 saturated carbocycles. The fourth-order valence-electron chi connectivity index (χ4n) is 5.56. The lowest BCUT2D eigenvalue weighted by Gasteiger charge is -2.32. The van der Waals surface area contributed by atoms with E-state index in [1.54, 1.807) is 0 Å². The van der Waals surface area contributed by atoms with E-state index in [9.17, 15) is 4.79 Å². The van der Waals surface area contributed by atoms with Crippen LogP contribution in [0.5, 0.6) is 0 Å². The van der Waals surface area contributed by atoms with Crippen LogP contribution in [0.25, 0.3) is 11.4 Å². The van der Waals surface area contributed by atoms with Gasteiger partial charge in [-0.15, -0.1) is 0 Å². The lowest BCUT2D eigenvalue weighted by Crippen LogP contribution is -2.44. The van der Waals surface area contributed by atoms with Gasteiger partial charge in [0.05, 0.1) is 18.5 Å². The van der Waals surface area contributed by atoms with Gasteiger partial charge in [0.2, 0.25) is 17.6 Å². The van der Waals surface area contributed by atoms with Crippen molar-refractivity contribution in [1.82, 2.24) is 20.4 Å². The molecule has 1 fully saturated rings. The van der Waals surface area contributed by atoms with Gasteiger partial charge < -0.3 is 9.84 Å². The number of aryl methyl sites for hydroxylation is 2. The number of likely N-dealkylation sites (tertiary alicyclic amines) is 1. The number of benzene rings is 3. The second-order valence-electron chi connectivity index (χ2n) is 12.1. The average Bonchev–Trinajstić information content (AvgIpc) is 3.40. The molecule has 0 bridgehead atoms. The van der Waals surface area contributed by atoms with Gasteiger partial charge in [-0.2, -0.15) is 4.98 Å². The van der Waals surface area contributed by atoms with Gasteiger partial charge >= 0.3 is 0 Å². The van der Waals surface area contributed by atoms with Crippen molar-refractivity contribution in [3.8, 4) is 11.4 Å². The van der Waals surface area contributed by atoms with E-state index in [4.69, 9.17) is 4.52 Å². The van der Waals surface area contributed by atoms with Crippen LogP contribution in [0.1, 0.15) is 73.4 Å². The Balaban J connectivity index is 1.25. The van der Waals surface area contributed by atoms with Gasteiger partial charge in [0.15, 0.2) is 0 Å². The molecule has 2 atom stereocenters. The Morgan fingerprint density at radius 2 is 1.80 bits per heavy atom. The first-order valence-corrected chi connectivity index (χ1v) is 14.3. The van der Waals surface area contributed by atoms with Crippen molar-refractivity contribution in [1.29, 1.82) is 0 Å². The second-order valence-corrected chi connectivity index (χ2v) is 12.1. The van der Waals surface area contributed by atoms with Crippen molar-refractivity contribution in [2.75, 3.05) is 13.1 Å². The Bertz CT molecular complexity index is 1440. The lowest BCUT2D eigenvalue weighted by molar-refractivity contribution is -0.127. The van der Waals surface area contributed by atoms with Gasteiger partial charge in [0, 0.05) is 12.1 Å². The van der Waals surface area contributed by atoms with Crippen LogP contribution >= 0.6 is 0 Å². The van der Waals surface area contributed by atoms with Gasteiger partial charge in [-0.3, -0.25) is 9.69 Å². The fourth-order valence-corrected chi connectivity index (χ4v) is 5.56. The summed E-state index contributed by atoms with van der Waals surface area (Å²) in [6.45, 7) is 12.9. The molecule has 6 nitrogen and oxygen atoms in total. The molecular formula is C34H40N4O2. The summed E-state index contributed by atoms with van der Waals surface area (Å²) in [6.07, 6.45) is 1.82. The van der Waals surface area contributed by atoms with Crippen molar-refractivity contribution in [2.24, 2.45) is 5.92 Å². The number of aromatic nitrogens is 2. The second kappa shape index (κ2) is 11.8. The molecule has 208 valence electrons. The normalized spacial score (nSPS) is 17.0. The first-order chi connectivity index (χ1) is 19.2. The molecular weight excluding hydrogens is 496 g/mol. The maximum absolute atomic E-state index is 13.6. The van der Waals surface area contributed by atoms with Crippen LogP contribution in [0, 0.1) is 19.8 Å². The van der Waals surface area contributed by atoms with Crippen LogP contribution in [0.15, 0.2) is 77.3 Å². The Labute approximate surface area is 237 Å². The van der Waals surface area contributed by atoms with Crippen molar-refractivity contribution in [2.45, 2.75) is 65.5 Å². The van der Waals surface area contributed by atoms with Gasteiger partial charge in [0.25, 0.3) is 0 Å². The molecule has 4 aromatic rings. The van der Waals surface area contributed by atoms with Gasteiger partial charge in [-0.25, -0.2) is 0 Å². The molecule has 1 aromatic heterocycles. The summed E-state index contributed by atoms with van der Waals surface area (Å²) in [6, 6.07) is 24.8. The van der Waals surface area contributed by atoms with Crippen LogP contribution < -0.4 is 5.32 Å². The standard InChI is InChI=1S/C34H40N4O2/c1-23-13-18-29(24(2)20-23)31(25-10-7-6-8-11-25)36-33(39)27-12-9-19-38(21-27)22-30-35-32(37-40-30)26-14-16-28(17-15-26)34(3,4)5/h6-8,10-11,13-18,20,27,31H,9,12,19,21-22H2,1-5H3,(H,36,39). The lowest BCUT2D eigenvalue weighted by atomic mass is 9.87. The van der Waals surface area contributed by atoms with Crippen molar-refractivity contribution < 1.29 is 9.32 Å². The van der Waals surface area contributed by atoms with Gasteiger partial charge in [-0.1, -0.05) is 104 Å². The molecule has 1 amide bonds. The maximum atomic E-state index is 13.6. The van der Waals surface area contributed by atoms with E-state index in [2.05, 4.69) is 110 Å². The van der Waals surface area contributed by atoms with Crippen LogP contribution in [-0.4, -0.2) is 34.0 Å². The summed E-state index contributed by atoms with van der Waals surface area (Å²) in [5, 5.41) is 7.61. The molecule has 2 heterocycles. The highest BCUT2D eigenvalue weighted by Crippen LogP contribution is 2.28. The molecule has 3 aromatic carbocycles. The molecule has 1 aliphatic rings. The molecule has 0 spiro atoms. The van der Waals surface area contributed by atoms with Crippen molar-refractivity contribution >= 4 is 5.91 Å². The number of piperidine rings is 1. The third-order valence-corrected chi connectivity index (χ3v) is 7.87.